The number of carbonyl (C=O) groups excluding carboxylic acids is 1. The molecule has 0 heterocycles. The molecular formula is C11H11BrF3NO2. The highest BCUT2D eigenvalue weighted by Gasteiger charge is 2.26. The van der Waals surface area contributed by atoms with Crippen LogP contribution in [0.3, 0.4) is 0 Å². The molecule has 0 aliphatic carbocycles. The minimum atomic E-state index is -4.28. The summed E-state index contributed by atoms with van der Waals surface area (Å²) in [5, 5.41) is 2.20. The van der Waals surface area contributed by atoms with E-state index in [0.717, 1.165) is 0 Å². The van der Waals surface area contributed by atoms with Crippen molar-refractivity contribution >= 4 is 21.8 Å². The molecule has 100 valence electrons. The summed E-state index contributed by atoms with van der Waals surface area (Å²) in [6, 6.07) is 4.68. The first-order chi connectivity index (χ1) is 8.33. The lowest BCUT2D eigenvalue weighted by atomic mass is 10.2. The summed E-state index contributed by atoms with van der Waals surface area (Å²) < 4.78 is 41.2. The minimum Gasteiger partial charge on any atom is -0.497 e. The molecule has 0 aliphatic heterocycles. The van der Waals surface area contributed by atoms with Gasteiger partial charge in [0.25, 0.3) is 5.91 Å². The van der Waals surface area contributed by atoms with Crippen LogP contribution in [0.15, 0.2) is 22.7 Å². The Bertz CT molecular complexity index is 435. The number of methoxy groups -OCH3 is 1. The van der Waals surface area contributed by atoms with E-state index in [9.17, 15) is 18.0 Å². The van der Waals surface area contributed by atoms with Gasteiger partial charge in [-0.05, 0) is 34.1 Å². The zero-order valence-electron chi connectivity index (χ0n) is 9.47. The second-order valence-corrected chi connectivity index (χ2v) is 4.32. The summed E-state index contributed by atoms with van der Waals surface area (Å²) in [7, 11) is 1.44. The molecule has 0 aromatic heterocycles. The van der Waals surface area contributed by atoms with Gasteiger partial charge in [0.1, 0.15) is 5.75 Å². The van der Waals surface area contributed by atoms with Gasteiger partial charge in [-0.1, -0.05) is 0 Å². The maximum atomic E-state index is 11.9. The van der Waals surface area contributed by atoms with E-state index in [1.54, 1.807) is 12.1 Å². The van der Waals surface area contributed by atoms with Gasteiger partial charge in [-0.25, -0.2) is 0 Å². The third-order valence-corrected chi connectivity index (χ3v) is 2.80. The molecule has 18 heavy (non-hydrogen) atoms. The van der Waals surface area contributed by atoms with Gasteiger partial charge in [-0.15, -0.1) is 0 Å². The molecule has 0 fully saturated rings. The average Bonchev–Trinajstić information content (AvgIpc) is 2.27. The fourth-order valence-corrected chi connectivity index (χ4v) is 1.65. The predicted octanol–water partition coefficient (Wildman–Crippen LogP) is 3.14. The smallest absolute Gasteiger partial charge is 0.390 e. The van der Waals surface area contributed by atoms with E-state index >= 15 is 0 Å². The van der Waals surface area contributed by atoms with Crippen molar-refractivity contribution in [3.8, 4) is 5.75 Å². The Morgan fingerprint density at radius 3 is 2.67 bits per heavy atom. The van der Waals surface area contributed by atoms with Gasteiger partial charge in [-0.3, -0.25) is 4.79 Å². The van der Waals surface area contributed by atoms with Crippen LogP contribution < -0.4 is 10.1 Å². The summed E-state index contributed by atoms with van der Waals surface area (Å²) in [4.78, 5) is 11.7. The number of rotatable bonds is 4. The first-order valence-electron chi connectivity index (χ1n) is 5.02. The number of nitrogens with one attached hydrogen (secondary N) is 1. The molecule has 3 nitrogen and oxygen atoms in total. The third kappa shape index (κ3) is 4.56. The van der Waals surface area contributed by atoms with Gasteiger partial charge >= 0.3 is 6.18 Å². The number of carbonyl (C=O) groups is 1. The fraction of sp³-hybridized carbons (Fsp3) is 0.364. The van der Waals surface area contributed by atoms with Gasteiger partial charge in [0.2, 0.25) is 0 Å². The molecule has 0 bridgehead atoms. The second-order valence-electron chi connectivity index (χ2n) is 3.47. The van der Waals surface area contributed by atoms with Crippen LogP contribution in [0.2, 0.25) is 0 Å². The van der Waals surface area contributed by atoms with E-state index in [-0.39, 0.29) is 5.56 Å². The Morgan fingerprint density at radius 1 is 1.44 bits per heavy atom. The summed E-state index contributed by atoms with van der Waals surface area (Å²) in [6.07, 6.45) is -5.33. The lowest BCUT2D eigenvalue weighted by molar-refractivity contribution is -0.132. The predicted molar refractivity (Wildman–Crippen MR) is 63.7 cm³/mol. The van der Waals surface area contributed by atoms with Crippen LogP contribution >= 0.6 is 15.9 Å². The molecule has 7 heteroatoms. The molecule has 0 saturated carbocycles. The zero-order chi connectivity index (χ0) is 13.8. The van der Waals surface area contributed by atoms with Crippen LogP contribution in [0.1, 0.15) is 16.8 Å². The van der Waals surface area contributed by atoms with Gasteiger partial charge in [0.15, 0.2) is 0 Å². The Kier molecular flexibility index (Phi) is 5.01. The Balaban J connectivity index is 2.66. The summed E-state index contributed by atoms with van der Waals surface area (Å²) in [5.41, 5.74) is 0.233. The lowest BCUT2D eigenvalue weighted by Crippen LogP contribution is -2.28. The van der Waals surface area contributed by atoms with Gasteiger partial charge in [-0.2, -0.15) is 13.2 Å². The van der Waals surface area contributed by atoms with E-state index in [1.165, 1.54) is 13.2 Å². The third-order valence-electron chi connectivity index (χ3n) is 2.11. The van der Waals surface area contributed by atoms with Crippen molar-refractivity contribution in [2.75, 3.05) is 13.7 Å². The van der Waals surface area contributed by atoms with Crippen molar-refractivity contribution in [3.63, 3.8) is 0 Å². The first-order valence-corrected chi connectivity index (χ1v) is 5.81. The maximum absolute atomic E-state index is 11.9. The van der Waals surface area contributed by atoms with Crippen molar-refractivity contribution < 1.29 is 22.7 Å². The number of alkyl halides is 3. The minimum absolute atomic E-state index is 0.233. The van der Waals surface area contributed by atoms with Crippen LogP contribution in [-0.4, -0.2) is 25.7 Å². The van der Waals surface area contributed by atoms with E-state index in [1.807, 2.05) is 0 Å². The number of ether oxygens (including phenoxy) is 1. The average molecular weight is 326 g/mol. The monoisotopic (exact) mass is 325 g/mol. The van der Waals surface area contributed by atoms with Crippen LogP contribution in [-0.2, 0) is 0 Å². The highest BCUT2D eigenvalue weighted by molar-refractivity contribution is 9.10. The van der Waals surface area contributed by atoms with Crippen LogP contribution in [0.5, 0.6) is 5.75 Å². The normalized spacial score (nSPS) is 11.2. The van der Waals surface area contributed by atoms with Crippen LogP contribution in [0.25, 0.3) is 0 Å². The molecular weight excluding hydrogens is 315 g/mol. The first kappa shape index (κ1) is 14.8. The van der Waals surface area contributed by atoms with Gasteiger partial charge < -0.3 is 10.1 Å². The number of hydrogen-bond acceptors (Lipinski definition) is 2. The topological polar surface area (TPSA) is 38.3 Å². The lowest BCUT2D eigenvalue weighted by Gasteiger charge is -2.10. The molecule has 0 atom stereocenters. The molecule has 0 saturated heterocycles. The van der Waals surface area contributed by atoms with Crippen molar-refractivity contribution in [3.05, 3.63) is 28.2 Å². The summed E-state index contributed by atoms with van der Waals surface area (Å²) >= 11 is 3.15. The van der Waals surface area contributed by atoms with E-state index in [4.69, 9.17) is 4.74 Å². The highest BCUT2D eigenvalue weighted by atomic mass is 79.9. The van der Waals surface area contributed by atoms with Gasteiger partial charge in [0.05, 0.1) is 19.1 Å². The number of benzene rings is 1. The van der Waals surface area contributed by atoms with Crippen molar-refractivity contribution in [2.45, 2.75) is 12.6 Å². The molecule has 1 amide bonds. The standard InChI is InChI=1S/C11H11BrF3NO2/c1-18-7-2-3-9(12)8(6-7)10(17)16-5-4-11(13,14)15/h2-3,6H,4-5H2,1H3,(H,16,17). The van der Waals surface area contributed by atoms with Crippen LogP contribution in [0, 0.1) is 0 Å². The van der Waals surface area contributed by atoms with Crippen molar-refractivity contribution in [1.82, 2.24) is 5.32 Å². The molecule has 1 aromatic carbocycles. The molecule has 1 N–H and O–H groups in total. The van der Waals surface area contributed by atoms with E-state index in [0.29, 0.717) is 10.2 Å². The van der Waals surface area contributed by atoms with Crippen LogP contribution in [0.4, 0.5) is 13.2 Å². The number of amides is 1. The van der Waals surface area contributed by atoms with Crippen molar-refractivity contribution in [2.24, 2.45) is 0 Å². The number of halogens is 4. The van der Waals surface area contributed by atoms with Gasteiger partial charge in [0, 0.05) is 11.0 Å². The molecule has 0 unspecified atom stereocenters. The molecule has 0 aliphatic rings. The Morgan fingerprint density at radius 2 is 2.11 bits per heavy atom. The Hall–Kier alpha value is -1.24. The second kappa shape index (κ2) is 6.08. The largest absolute Gasteiger partial charge is 0.497 e. The summed E-state index contributed by atoms with van der Waals surface area (Å²) in [6.45, 7) is -0.452. The number of hydrogen-bond donors (Lipinski definition) is 1. The zero-order valence-corrected chi connectivity index (χ0v) is 11.1. The van der Waals surface area contributed by atoms with E-state index in [2.05, 4.69) is 21.2 Å². The Labute approximate surface area is 110 Å². The summed E-state index contributed by atoms with van der Waals surface area (Å²) in [5.74, 6) is -0.121. The van der Waals surface area contributed by atoms with E-state index < -0.39 is 25.0 Å². The molecule has 1 aromatic rings. The SMILES string of the molecule is COc1ccc(Br)c(C(=O)NCCC(F)(F)F)c1. The molecule has 1 rings (SSSR count). The quantitative estimate of drug-likeness (QED) is 0.923. The van der Waals surface area contributed by atoms with Crippen molar-refractivity contribution in [1.29, 1.82) is 0 Å². The molecule has 0 spiro atoms. The molecule has 0 radical (unpaired) electrons. The highest BCUT2D eigenvalue weighted by Crippen LogP contribution is 2.23. The maximum Gasteiger partial charge on any atom is 0.390 e. The fourth-order valence-electron chi connectivity index (χ4n) is 1.22.